The molecule has 0 aliphatic heterocycles. The average molecular weight is 228 g/mol. The van der Waals surface area contributed by atoms with E-state index in [1.165, 1.54) is 11.3 Å². The van der Waals surface area contributed by atoms with Crippen LogP contribution in [0.5, 0.6) is 0 Å². The number of hydrogen-bond acceptors (Lipinski definition) is 4. The van der Waals surface area contributed by atoms with Crippen molar-refractivity contribution in [1.29, 1.82) is 0 Å². The molecule has 15 heavy (non-hydrogen) atoms. The summed E-state index contributed by atoms with van der Waals surface area (Å²) in [6.07, 6.45) is 0. The standard InChI is InChI=1S/C10H16N2O2S/c1-5(2)6-7(8(13)14)15-9(12-6)10(3,4)11/h5H,11H2,1-4H3,(H,13,14). The van der Waals surface area contributed by atoms with Crippen LogP contribution in [0.15, 0.2) is 0 Å². The van der Waals surface area contributed by atoms with Crippen molar-refractivity contribution in [2.75, 3.05) is 0 Å². The van der Waals surface area contributed by atoms with Gasteiger partial charge in [-0.1, -0.05) is 13.8 Å². The maximum atomic E-state index is 11.0. The summed E-state index contributed by atoms with van der Waals surface area (Å²) >= 11 is 1.17. The van der Waals surface area contributed by atoms with Crippen LogP contribution >= 0.6 is 11.3 Å². The normalized spacial score (nSPS) is 12.1. The Morgan fingerprint density at radius 2 is 2.07 bits per heavy atom. The summed E-state index contributed by atoms with van der Waals surface area (Å²) in [6, 6.07) is 0. The molecule has 3 N–H and O–H groups in total. The van der Waals surface area contributed by atoms with E-state index in [9.17, 15) is 4.79 Å². The van der Waals surface area contributed by atoms with Crippen molar-refractivity contribution in [2.45, 2.75) is 39.2 Å². The van der Waals surface area contributed by atoms with Gasteiger partial charge in [-0.3, -0.25) is 0 Å². The number of rotatable bonds is 3. The molecule has 0 saturated carbocycles. The van der Waals surface area contributed by atoms with Crippen LogP contribution in [-0.4, -0.2) is 16.1 Å². The maximum absolute atomic E-state index is 11.0. The molecule has 1 aromatic heterocycles. The van der Waals surface area contributed by atoms with Crippen molar-refractivity contribution >= 4 is 17.3 Å². The second-order valence-electron chi connectivity index (χ2n) is 4.41. The van der Waals surface area contributed by atoms with Gasteiger partial charge >= 0.3 is 5.97 Å². The lowest BCUT2D eigenvalue weighted by atomic mass is 10.1. The lowest BCUT2D eigenvalue weighted by molar-refractivity contribution is 0.0700. The third-order valence-electron chi connectivity index (χ3n) is 1.95. The van der Waals surface area contributed by atoms with Gasteiger partial charge in [0.05, 0.1) is 11.2 Å². The van der Waals surface area contributed by atoms with Gasteiger partial charge < -0.3 is 10.8 Å². The quantitative estimate of drug-likeness (QED) is 0.831. The van der Waals surface area contributed by atoms with Crippen molar-refractivity contribution in [1.82, 2.24) is 4.98 Å². The summed E-state index contributed by atoms with van der Waals surface area (Å²) in [5.74, 6) is -0.824. The van der Waals surface area contributed by atoms with Gasteiger partial charge in [-0.05, 0) is 19.8 Å². The molecule has 0 fully saturated rings. The molecule has 5 heteroatoms. The smallest absolute Gasteiger partial charge is 0.347 e. The van der Waals surface area contributed by atoms with Gasteiger partial charge in [0.25, 0.3) is 0 Å². The highest BCUT2D eigenvalue weighted by Crippen LogP contribution is 2.30. The third kappa shape index (κ3) is 2.54. The average Bonchev–Trinajstić information content (AvgIpc) is 2.45. The van der Waals surface area contributed by atoms with E-state index in [1.807, 2.05) is 27.7 Å². The van der Waals surface area contributed by atoms with Crippen molar-refractivity contribution in [2.24, 2.45) is 5.73 Å². The van der Waals surface area contributed by atoms with Crippen LogP contribution in [0.4, 0.5) is 0 Å². The Labute approximate surface area is 93.1 Å². The number of nitrogens with two attached hydrogens (primary N) is 1. The Hall–Kier alpha value is -0.940. The van der Waals surface area contributed by atoms with E-state index in [2.05, 4.69) is 4.98 Å². The summed E-state index contributed by atoms with van der Waals surface area (Å²) in [5, 5.41) is 9.69. The van der Waals surface area contributed by atoms with Gasteiger partial charge in [-0.25, -0.2) is 9.78 Å². The van der Waals surface area contributed by atoms with E-state index in [4.69, 9.17) is 10.8 Å². The van der Waals surface area contributed by atoms with Gasteiger partial charge in [0.2, 0.25) is 0 Å². The first-order chi connectivity index (χ1) is 6.73. The van der Waals surface area contributed by atoms with Crippen molar-refractivity contribution in [3.05, 3.63) is 15.6 Å². The number of aromatic nitrogens is 1. The second-order valence-corrected chi connectivity index (χ2v) is 5.41. The molecule has 0 unspecified atom stereocenters. The summed E-state index contributed by atoms with van der Waals surface area (Å²) in [5.41, 5.74) is 5.94. The minimum Gasteiger partial charge on any atom is -0.477 e. The van der Waals surface area contributed by atoms with E-state index in [0.29, 0.717) is 15.6 Å². The Morgan fingerprint density at radius 3 is 2.33 bits per heavy atom. The van der Waals surface area contributed by atoms with Crippen LogP contribution in [0.3, 0.4) is 0 Å². The first-order valence-corrected chi connectivity index (χ1v) is 5.58. The second kappa shape index (κ2) is 3.90. The van der Waals surface area contributed by atoms with Crippen LogP contribution in [0.25, 0.3) is 0 Å². The summed E-state index contributed by atoms with van der Waals surface area (Å²) < 4.78 is 0. The highest BCUT2D eigenvalue weighted by atomic mass is 32.1. The molecular formula is C10H16N2O2S. The number of thiazole rings is 1. The molecule has 1 aromatic rings. The molecular weight excluding hydrogens is 212 g/mol. The zero-order chi connectivity index (χ0) is 11.8. The third-order valence-corrected chi connectivity index (χ3v) is 3.34. The van der Waals surface area contributed by atoms with Gasteiger partial charge in [0, 0.05) is 0 Å². The van der Waals surface area contributed by atoms with Crippen LogP contribution in [0, 0.1) is 0 Å². The molecule has 0 aliphatic rings. The highest BCUT2D eigenvalue weighted by molar-refractivity contribution is 7.13. The zero-order valence-electron chi connectivity index (χ0n) is 9.37. The lowest BCUT2D eigenvalue weighted by Gasteiger charge is -2.13. The largest absolute Gasteiger partial charge is 0.477 e. The highest BCUT2D eigenvalue weighted by Gasteiger charge is 2.25. The van der Waals surface area contributed by atoms with Crippen LogP contribution in [0.2, 0.25) is 0 Å². The van der Waals surface area contributed by atoms with E-state index < -0.39 is 11.5 Å². The molecule has 1 heterocycles. The fourth-order valence-electron chi connectivity index (χ4n) is 1.15. The number of aromatic carboxylic acids is 1. The topological polar surface area (TPSA) is 76.2 Å². The lowest BCUT2D eigenvalue weighted by Crippen LogP contribution is -2.28. The monoisotopic (exact) mass is 228 g/mol. The predicted octanol–water partition coefficient (Wildman–Crippen LogP) is 2.16. The molecule has 0 amide bonds. The molecule has 4 nitrogen and oxygen atoms in total. The van der Waals surface area contributed by atoms with E-state index in [1.54, 1.807) is 0 Å². The van der Waals surface area contributed by atoms with Gasteiger partial charge in [0.15, 0.2) is 0 Å². The summed E-state index contributed by atoms with van der Waals surface area (Å²) in [4.78, 5) is 15.6. The van der Waals surface area contributed by atoms with E-state index in [-0.39, 0.29) is 5.92 Å². The zero-order valence-corrected chi connectivity index (χ0v) is 10.2. The Bertz CT molecular complexity index is 377. The van der Waals surface area contributed by atoms with Crippen molar-refractivity contribution < 1.29 is 9.90 Å². The summed E-state index contributed by atoms with van der Waals surface area (Å²) in [6.45, 7) is 7.49. The summed E-state index contributed by atoms with van der Waals surface area (Å²) in [7, 11) is 0. The molecule has 0 bridgehead atoms. The van der Waals surface area contributed by atoms with Gasteiger partial charge in [-0.2, -0.15) is 0 Å². The van der Waals surface area contributed by atoms with Gasteiger partial charge in [0.1, 0.15) is 9.88 Å². The Balaban J connectivity index is 3.28. The molecule has 0 aromatic carbocycles. The van der Waals surface area contributed by atoms with Crippen molar-refractivity contribution in [3.8, 4) is 0 Å². The minimum absolute atomic E-state index is 0.100. The number of carbonyl (C=O) groups is 1. The molecule has 0 saturated heterocycles. The molecule has 1 rings (SSSR count). The van der Waals surface area contributed by atoms with Crippen LogP contribution < -0.4 is 5.73 Å². The number of carboxylic acid groups (broad SMARTS) is 1. The molecule has 84 valence electrons. The first-order valence-electron chi connectivity index (χ1n) is 4.77. The van der Waals surface area contributed by atoms with Crippen molar-refractivity contribution in [3.63, 3.8) is 0 Å². The molecule has 0 spiro atoms. The molecule has 0 atom stereocenters. The maximum Gasteiger partial charge on any atom is 0.347 e. The fourth-order valence-corrected chi connectivity index (χ4v) is 2.23. The SMILES string of the molecule is CC(C)c1nc(C(C)(C)N)sc1C(=O)O. The number of carboxylic acids is 1. The van der Waals surface area contributed by atoms with Crippen LogP contribution in [0.1, 0.15) is 54.0 Å². The molecule has 0 aliphatic carbocycles. The molecule has 0 radical (unpaired) electrons. The Morgan fingerprint density at radius 1 is 1.53 bits per heavy atom. The minimum atomic E-state index is -0.924. The first kappa shape index (κ1) is 12.1. The number of nitrogens with zero attached hydrogens (tertiary/aromatic N) is 1. The van der Waals surface area contributed by atoms with E-state index in [0.717, 1.165) is 0 Å². The van der Waals surface area contributed by atoms with Gasteiger partial charge in [-0.15, -0.1) is 11.3 Å². The Kier molecular flexibility index (Phi) is 3.16. The van der Waals surface area contributed by atoms with Crippen LogP contribution in [-0.2, 0) is 5.54 Å². The van der Waals surface area contributed by atoms with E-state index >= 15 is 0 Å². The fraction of sp³-hybridized carbons (Fsp3) is 0.600. The predicted molar refractivity (Wildman–Crippen MR) is 60.4 cm³/mol. The number of hydrogen-bond donors (Lipinski definition) is 2.